The summed E-state index contributed by atoms with van der Waals surface area (Å²) in [5.74, 6) is 0. The lowest BCUT2D eigenvalue weighted by molar-refractivity contribution is 0.187. The van der Waals surface area contributed by atoms with Gasteiger partial charge in [0.05, 0.1) is 6.10 Å². The molecular formula is C17H14O. The van der Waals surface area contributed by atoms with Crippen molar-refractivity contribution >= 4 is 21.5 Å². The molecule has 1 aliphatic carbocycles. The lowest BCUT2D eigenvalue weighted by atomic mass is 9.93. The molecule has 4 rings (SSSR count). The summed E-state index contributed by atoms with van der Waals surface area (Å²) >= 11 is 0. The van der Waals surface area contributed by atoms with Gasteiger partial charge in [-0.25, -0.2) is 0 Å². The van der Waals surface area contributed by atoms with Crippen molar-refractivity contribution in [1.29, 1.82) is 0 Å². The number of aliphatic hydroxyl groups is 1. The van der Waals surface area contributed by atoms with E-state index in [0.29, 0.717) is 0 Å². The van der Waals surface area contributed by atoms with Crippen molar-refractivity contribution in [2.75, 3.05) is 0 Å². The zero-order chi connectivity index (χ0) is 12.1. The van der Waals surface area contributed by atoms with E-state index in [1.807, 2.05) is 0 Å². The van der Waals surface area contributed by atoms with Crippen LogP contribution in [0.2, 0.25) is 0 Å². The van der Waals surface area contributed by atoms with Crippen LogP contribution in [0.4, 0.5) is 0 Å². The van der Waals surface area contributed by atoms with Crippen molar-refractivity contribution in [2.45, 2.75) is 18.9 Å². The first-order valence-electron chi connectivity index (χ1n) is 6.44. The van der Waals surface area contributed by atoms with Crippen LogP contribution < -0.4 is 0 Å². The lowest BCUT2D eigenvalue weighted by Crippen LogP contribution is -2.03. The highest BCUT2D eigenvalue weighted by Gasteiger charge is 2.23. The fraction of sp³-hybridized carbons (Fsp3) is 0.176. The SMILES string of the molecule is OC1Cc2c(c3ccccc3c3ccccc23)C1. The average molecular weight is 234 g/mol. The third kappa shape index (κ3) is 1.25. The van der Waals surface area contributed by atoms with Crippen LogP contribution >= 0.6 is 0 Å². The minimum atomic E-state index is -0.214. The third-order valence-electron chi connectivity index (χ3n) is 4.04. The first-order valence-corrected chi connectivity index (χ1v) is 6.44. The molecule has 0 aliphatic heterocycles. The zero-order valence-corrected chi connectivity index (χ0v) is 10.1. The fourth-order valence-corrected chi connectivity index (χ4v) is 3.30. The number of benzene rings is 3. The molecule has 1 nitrogen and oxygen atoms in total. The first-order chi connectivity index (χ1) is 8.84. The van der Waals surface area contributed by atoms with E-state index in [9.17, 15) is 5.11 Å². The summed E-state index contributed by atoms with van der Waals surface area (Å²) in [6.45, 7) is 0. The number of hydrogen-bond donors (Lipinski definition) is 1. The van der Waals surface area contributed by atoms with Gasteiger partial charge in [0, 0.05) is 0 Å². The van der Waals surface area contributed by atoms with Gasteiger partial charge in [0.15, 0.2) is 0 Å². The normalized spacial score (nSPS) is 15.4. The van der Waals surface area contributed by atoms with E-state index >= 15 is 0 Å². The molecule has 0 heterocycles. The van der Waals surface area contributed by atoms with Crippen molar-refractivity contribution in [2.24, 2.45) is 0 Å². The predicted octanol–water partition coefficient (Wildman–Crippen LogP) is 3.45. The molecule has 0 amide bonds. The van der Waals surface area contributed by atoms with Gasteiger partial charge in [0.1, 0.15) is 0 Å². The molecule has 1 N–H and O–H groups in total. The fourth-order valence-electron chi connectivity index (χ4n) is 3.30. The van der Waals surface area contributed by atoms with Gasteiger partial charge in [-0.3, -0.25) is 0 Å². The Morgan fingerprint density at radius 3 is 1.50 bits per heavy atom. The van der Waals surface area contributed by atoms with E-state index in [-0.39, 0.29) is 6.10 Å². The Morgan fingerprint density at radius 2 is 1.06 bits per heavy atom. The Labute approximate surface area is 106 Å². The number of rotatable bonds is 0. The minimum Gasteiger partial charge on any atom is -0.392 e. The van der Waals surface area contributed by atoms with Gasteiger partial charge in [-0.2, -0.15) is 0 Å². The monoisotopic (exact) mass is 234 g/mol. The quantitative estimate of drug-likeness (QED) is 0.591. The summed E-state index contributed by atoms with van der Waals surface area (Å²) in [7, 11) is 0. The Bertz CT molecular complexity index is 693. The van der Waals surface area contributed by atoms with Crippen molar-refractivity contribution < 1.29 is 5.11 Å². The maximum absolute atomic E-state index is 9.97. The largest absolute Gasteiger partial charge is 0.392 e. The molecule has 1 heteroatoms. The summed E-state index contributed by atoms with van der Waals surface area (Å²) in [4.78, 5) is 0. The minimum absolute atomic E-state index is 0.214. The van der Waals surface area contributed by atoms with Crippen molar-refractivity contribution in [3.8, 4) is 0 Å². The second-order valence-corrected chi connectivity index (χ2v) is 5.11. The molecule has 3 aromatic carbocycles. The highest BCUT2D eigenvalue weighted by molar-refractivity contribution is 6.11. The molecule has 1 aliphatic rings. The summed E-state index contributed by atoms with van der Waals surface area (Å²) in [6, 6.07) is 17.1. The van der Waals surface area contributed by atoms with Crippen molar-refractivity contribution in [3.63, 3.8) is 0 Å². The third-order valence-corrected chi connectivity index (χ3v) is 4.04. The lowest BCUT2D eigenvalue weighted by Gasteiger charge is -2.10. The molecule has 88 valence electrons. The average Bonchev–Trinajstić information content (AvgIpc) is 2.81. The maximum Gasteiger partial charge on any atom is 0.0621 e. The molecule has 0 radical (unpaired) electrons. The van der Waals surface area contributed by atoms with Crippen LogP contribution in [0.1, 0.15) is 11.1 Å². The maximum atomic E-state index is 9.97. The highest BCUT2D eigenvalue weighted by atomic mass is 16.3. The van der Waals surface area contributed by atoms with Gasteiger partial charge in [0.2, 0.25) is 0 Å². The highest BCUT2D eigenvalue weighted by Crippen LogP contribution is 2.37. The molecule has 0 bridgehead atoms. The Kier molecular flexibility index (Phi) is 2.00. The van der Waals surface area contributed by atoms with Gasteiger partial charge in [-0.1, -0.05) is 48.5 Å². The van der Waals surface area contributed by atoms with Crippen LogP contribution in [0.15, 0.2) is 48.5 Å². The van der Waals surface area contributed by atoms with Gasteiger partial charge in [-0.15, -0.1) is 0 Å². The molecular weight excluding hydrogens is 220 g/mol. The summed E-state index contributed by atoms with van der Waals surface area (Å²) in [5.41, 5.74) is 2.69. The van der Waals surface area contributed by atoms with Crippen LogP contribution in [0, 0.1) is 0 Å². The van der Waals surface area contributed by atoms with Gasteiger partial charge in [-0.05, 0) is 45.5 Å². The smallest absolute Gasteiger partial charge is 0.0621 e. The summed E-state index contributed by atoms with van der Waals surface area (Å²) in [6.07, 6.45) is 1.37. The molecule has 0 unspecified atom stereocenters. The zero-order valence-electron chi connectivity index (χ0n) is 10.1. The van der Waals surface area contributed by atoms with Gasteiger partial charge < -0.3 is 5.11 Å². The molecule has 0 saturated carbocycles. The van der Waals surface area contributed by atoms with Crippen LogP contribution in [0.3, 0.4) is 0 Å². The van der Waals surface area contributed by atoms with E-state index in [2.05, 4.69) is 48.5 Å². The molecule has 18 heavy (non-hydrogen) atoms. The number of aliphatic hydroxyl groups excluding tert-OH is 1. The Hall–Kier alpha value is -1.86. The van der Waals surface area contributed by atoms with Crippen LogP contribution in [0.25, 0.3) is 21.5 Å². The van der Waals surface area contributed by atoms with Gasteiger partial charge in [0.25, 0.3) is 0 Å². The Balaban J connectivity index is 2.27. The van der Waals surface area contributed by atoms with E-state index in [4.69, 9.17) is 0 Å². The van der Waals surface area contributed by atoms with Crippen molar-refractivity contribution in [1.82, 2.24) is 0 Å². The standard InChI is InChI=1S/C17H14O/c18-11-9-16-14-7-3-1-5-12(14)13-6-2-4-8-15(13)17(16)10-11/h1-8,11,18H,9-10H2. The van der Waals surface area contributed by atoms with Crippen LogP contribution in [0.5, 0.6) is 0 Å². The predicted molar refractivity (Wildman–Crippen MR) is 74.9 cm³/mol. The van der Waals surface area contributed by atoms with E-state index in [1.54, 1.807) is 0 Å². The second kappa shape index (κ2) is 3.56. The summed E-state index contributed by atoms with van der Waals surface area (Å²) < 4.78 is 0. The molecule has 0 atom stereocenters. The topological polar surface area (TPSA) is 20.2 Å². The van der Waals surface area contributed by atoms with Gasteiger partial charge >= 0.3 is 0 Å². The van der Waals surface area contributed by atoms with Crippen LogP contribution in [-0.4, -0.2) is 11.2 Å². The molecule has 0 fully saturated rings. The summed E-state index contributed by atoms with van der Waals surface area (Å²) in [5, 5.41) is 15.2. The molecule has 0 aromatic heterocycles. The van der Waals surface area contributed by atoms with Crippen molar-refractivity contribution in [3.05, 3.63) is 59.7 Å². The first kappa shape index (κ1) is 10.1. The van der Waals surface area contributed by atoms with E-state index in [0.717, 1.165) is 12.8 Å². The molecule has 0 saturated heterocycles. The van der Waals surface area contributed by atoms with E-state index in [1.165, 1.54) is 32.7 Å². The number of fused-ring (bicyclic) bond motifs is 6. The Morgan fingerprint density at radius 1 is 0.667 bits per heavy atom. The second-order valence-electron chi connectivity index (χ2n) is 5.11. The van der Waals surface area contributed by atoms with Crippen LogP contribution in [-0.2, 0) is 12.8 Å². The molecule has 0 spiro atoms. The molecule has 3 aromatic rings. The van der Waals surface area contributed by atoms with E-state index < -0.39 is 0 Å². The number of hydrogen-bond acceptors (Lipinski definition) is 1.